The Morgan fingerprint density at radius 1 is 1.40 bits per heavy atom. The lowest BCUT2D eigenvalue weighted by atomic mass is 10.3. The van der Waals surface area contributed by atoms with Gasteiger partial charge in [-0.25, -0.2) is 9.98 Å². The van der Waals surface area contributed by atoms with Gasteiger partial charge in [0.25, 0.3) is 5.91 Å². The molecule has 2 aromatic rings. The fourth-order valence-corrected chi connectivity index (χ4v) is 2.98. The number of imidazole rings is 1. The number of fused-ring (bicyclic) bond motifs is 1. The van der Waals surface area contributed by atoms with E-state index in [0.717, 1.165) is 11.0 Å². The summed E-state index contributed by atoms with van der Waals surface area (Å²) in [7, 11) is 0. The van der Waals surface area contributed by atoms with Gasteiger partial charge < -0.3 is 0 Å². The molecule has 0 atom stereocenters. The summed E-state index contributed by atoms with van der Waals surface area (Å²) in [6, 6.07) is 7.37. The van der Waals surface area contributed by atoms with E-state index in [1.165, 1.54) is 16.3 Å². The normalized spacial score (nSPS) is 14.8. The van der Waals surface area contributed by atoms with E-state index in [1.54, 1.807) is 0 Å². The third-order valence-electron chi connectivity index (χ3n) is 2.91. The zero-order chi connectivity index (χ0) is 14.1. The van der Waals surface area contributed by atoms with E-state index >= 15 is 0 Å². The number of rotatable bonds is 3. The standard InChI is InChI=1S/C13H10ClN3O2S/c14-6-13(19)17-9-4-2-1-3-8(9)15-10(17)5-12-16-11(18)7-20-12/h1-4H,5-7H2. The zero-order valence-corrected chi connectivity index (χ0v) is 11.9. The van der Waals surface area contributed by atoms with Gasteiger partial charge in [-0.05, 0) is 12.1 Å². The molecule has 0 radical (unpaired) electrons. The minimum Gasteiger partial charge on any atom is -0.273 e. The maximum absolute atomic E-state index is 12.0. The predicted octanol–water partition coefficient (Wildman–Crippen LogP) is 2.13. The van der Waals surface area contributed by atoms with Crippen molar-refractivity contribution < 1.29 is 9.59 Å². The average molecular weight is 308 g/mol. The Labute approximate surface area is 124 Å². The molecule has 0 spiro atoms. The highest BCUT2D eigenvalue weighted by molar-refractivity contribution is 8.15. The largest absolute Gasteiger partial charge is 0.273 e. The summed E-state index contributed by atoms with van der Waals surface area (Å²) in [6.07, 6.45) is 0.369. The average Bonchev–Trinajstić information content (AvgIpc) is 3.01. The van der Waals surface area contributed by atoms with Crippen LogP contribution in [0.3, 0.4) is 0 Å². The molecule has 0 aliphatic carbocycles. The van der Waals surface area contributed by atoms with Crippen molar-refractivity contribution in [2.45, 2.75) is 6.42 Å². The molecule has 0 unspecified atom stereocenters. The first kappa shape index (κ1) is 13.3. The van der Waals surface area contributed by atoms with Gasteiger partial charge in [0, 0.05) is 0 Å². The number of amides is 1. The topological polar surface area (TPSA) is 64.3 Å². The molecule has 0 saturated heterocycles. The highest BCUT2D eigenvalue weighted by Crippen LogP contribution is 2.21. The van der Waals surface area contributed by atoms with E-state index in [-0.39, 0.29) is 17.7 Å². The van der Waals surface area contributed by atoms with E-state index in [2.05, 4.69) is 9.98 Å². The molecule has 1 amide bonds. The van der Waals surface area contributed by atoms with Crippen molar-refractivity contribution in [1.82, 2.24) is 9.55 Å². The van der Waals surface area contributed by atoms with Crippen LogP contribution in [0.4, 0.5) is 0 Å². The van der Waals surface area contributed by atoms with E-state index < -0.39 is 0 Å². The highest BCUT2D eigenvalue weighted by Gasteiger charge is 2.21. The minimum absolute atomic E-state index is 0.119. The van der Waals surface area contributed by atoms with Crippen molar-refractivity contribution >= 4 is 51.3 Å². The number of halogens is 1. The van der Waals surface area contributed by atoms with Crippen LogP contribution in [0.15, 0.2) is 29.3 Å². The Kier molecular flexibility index (Phi) is 3.58. The molecule has 1 aromatic heterocycles. The van der Waals surface area contributed by atoms with Gasteiger partial charge in [-0.2, -0.15) is 0 Å². The van der Waals surface area contributed by atoms with Gasteiger partial charge in [-0.3, -0.25) is 14.2 Å². The third kappa shape index (κ3) is 2.36. The smallest absolute Gasteiger partial charge is 0.256 e. The molecule has 1 aromatic carbocycles. The molecule has 102 valence electrons. The molecule has 5 nitrogen and oxygen atoms in total. The summed E-state index contributed by atoms with van der Waals surface area (Å²) in [6.45, 7) is 0. The van der Waals surface area contributed by atoms with E-state index in [9.17, 15) is 9.59 Å². The molecule has 0 saturated carbocycles. The Morgan fingerprint density at radius 2 is 2.20 bits per heavy atom. The van der Waals surface area contributed by atoms with Gasteiger partial charge in [-0.15, -0.1) is 23.4 Å². The van der Waals surface area contributed by atoms with Gasteiger partial charge in [0.15, 0.2) is 0 Å². The number of para-hydroxylation sites is 2. The first-order valence-electron chi connectivity index (χ1n) is 5.98. The summed E-state index contributed by atoms with van der Waals surface area (Å²) in [5.74, 6) is 0.435. The van der Waals surface area contributed by atoms with Crippen molar-refractivity contribution in [2.75, 3.05) is 11.6 Å². The second-order valence-electron chi connectivity index (χ2n) is 4.24. The summed E-state index contributed by atoms with van der Waals surface area (Å²) in [4.78, 5) is 31.6. The molecule has 7 heteroatoms. The number of alkyl halides is 1. The highest BCUT2D eigenvalue weighted by atomic mass is 35.5. The van der Waals surface area contributed by atoms with Crippen LogP contribution >= 0.6 is 23.4 Å². The Hall–Kier alpha value is -1.66. The maximum atomic E-state index is 12.0. The summed E-state index contributed by atoms with van der Waals surface area (Å²) >= 11 is 7.05. The number of aromatic nitrogens is 2. The van der Waals surface area contributed by atoms with Crippen molar-refractivity contribution in [1.29, 1.82) is 0 Å². The van der Waals surface area contributed by atoms with Crippen molar-refractivity contribution in [3.05, 3.63) is 30.1 Å². The van der Waals surface area contributed by atoms with Crippen LogP contribution in [0, 0.1) is 0 Å². The molecule has 20 heavy (non-hydrogen) atoms. The van der Waals surface area contributed by atoms with Crippen molar-refractivity contribution in [3.63, 3.8) is 0 Å². The van der Waals surface area contributed by atoms with Crippen LogP contribution in [0.2, 0.25) is 0 Å². The van der Waals surface area contributed by atoms with Crippen LogP contribution in [-0.4, -0.2) is 38.0 Å². The summed E-state index contributed by atoms with van der Waals surface area (Å²) in [5.41, 5.74) is 1.46. The quantitative estimate of drug-likeness (QED) is 0.815. The number of aliphatic imine (C=N–C) groups is 1. The fraction of sp³-hybridized carbons (Fsp3) is 0.231. The van der Waals surface area contributed by atoms with Crippen LogP contribution in [0.25, 0.3) is 11.0 Å². The second-order valence-corrected chi connectivity index (χ2v) is 5.56. The van der Waals surface area contributed by atoms with Crippen molar-refractivity contribution in [2.24, 2.45) is 4.99 Å². The molecule has 0 N–H and O–H groups in total. The Bertz CT molecular complexity index is 738. The molecule has 2 heterocycles. The van der Waals surface area contributed by atoms with Crippen LogP contribution < -0.4 is 0 Å². The van der Waals surface area contributed by atoms with E-state index in [0.29, 0.717) is 23.0 Å². The van der Waals surface area contributed by atoms with Gasteiger partial charge in [0.05, 0.1) is 28.3 Å². The lowest BCUT2D eigenvalue weighted by molar-refractivity contribution is -0.115. The molecular formula is C13H10ClN3O2S. The molecule has 1 aliphatic rings. The number of carbonyl (C=O) groups is 2. The fourth-order valence-electron chi connectivity index (χ4n) is 2.11. The number of thioether (sulfide) groups is 1. The van der Waals surface area contributed by atoms with Crippen molar-refractivity contribution in [3.8, 4) is 0 Å². The van der Waals surface area contributed by atoms with Crippen LogP contribution in [0.5, 0.6) is 0 Å². The molecule has 0 bridgehead atoms. The first-order chi connectivity index (χ1) is 9.69. The first-order valence-corrected chi connectivity index (χ1v) is 7.50. The Balaban J connectivity index is 2.07. The maximum Gasteiger partial charge on any atom is 0.256 e. The molecule has 1 aliphatic heterocycles. The Morgan fingerprint density at radius 3 is 2.90 bits per heavy atom. The zero-order valence-electron chi connectivity index (χ0n) is 10.4. The SMILES string of the molecule is O=C1CSC(Cc2nc3ccccc3n2C(=O)CCl)=N1. The number of benzene rings is 1. The third-order valence-corrected chi connectivity index (χ3v) is 4.10. The van der Waals surface area contributed by atoms with Crippen LogP contribution in [0.1, 0.15) is 10.6 Å². The number of hydrogen-bond acceptors (Lipinski definition) is 4. The molecular weight excluding hydrogens is 298 g/mol. The summed E-state index contributed by atoms with van der Waals surface area (Å²) < 4.78 is 1.51. The lowest BCUT2D eigenvalue weighted by Gasteiger charge is -2.05. The predicted molar refractivity (Wildman–Crippen MR) is 79.7 cm³/mol. The van der Waals surface area contributed by atoms with Gasteiger partial charge in [0.2, 0.25) is 5.91 Å². The van der Waals surface area contributed by atoms with Gasteiger partial charge in [0.1, 0.15) is 11.7 Å². The molecule has 0 fully saturated rings. The molecule has 3 rings (SSSR count). The van der Waals surface area contributed by atoms with E-state index in [4.69, 9.17) is 11.6 Å². The minimum atomic E-state index is -0.231. The summed E-state index contributed by atoms with van der Waals surface area (Å²) in [5, 5.41) is 0.689. The van der Waals surface area contributed by atoms with Gasteiger partial charge >= 0.3 is 0 Å². The van der Waals surface area contributed by atoms with Gasteiger partial charge in [-0.1, -0.05) is 12.1 Å². The number of hydrogen-bond donors (Lipinski definition) is 0. The van der Waals surface area contributed by atoms with Crippen LogP contribution in [-0.2, 0) is 11.2 Å². The number of carbonyl (C=O) groups excluding carboxylic acids is 2. The lowest BCUT2D eigenvalue weighted by Crippen LogP contribution is -2.16. The monoisotopic (exact) mass is 307 g/mol. The number of nitrogens with zero attached hydrogens (tertiary/aromatic N) is 3. The second kappa shape index (κ2) is 5.38. The van der Waals surface area contributed by atoms with E-state index in [1.807, 2.05) is 24.3 Å².